The average Bonchev–Trinajstić information content (AvgIpc) is 2.75. The number of nitrogens with one attached hydrogen (secondary N) is 2. The van der Waals surface area contributed by atoms with E-state index in [1.165, 1.54) is 6.07 Å². The van der Waals surface area contributed by atoms with Gasteiger partial charge in [-0.05, 0) is 26.0 Å². The Morgan fingerprint density at radius 2 is 1.90 bits per heavy atom. The smallest absolute Gasteiger partial charge is 0.301 e. The molecule has 2 rings (SSSR count). The highest BCUT2D eigenvalue weighted by Crippen LogP contribution is 2.23. The predicted octanol–water partition coefficient (Wildman–Crippen LogP) is 2.65. The first-order valence-electron chi connectivity index (χ1n) is 5.88. The van der Waals surface area contributed by atoms with Gasteiger partial charge in [0.1, 0.15) is 5.69 Å². The zero-order valence-corrected chi connectivity index (χ0v) is 12.5. The van der Waals surface area contributed by atoms with Crippen LogP contribution >= 0.6 is 11.6 Å². The number of anilines is 1. The van der Waals surface area contributed by atoms with E-state index in [4.69, 9.17) is 16.1 Å². The van der Waals surface area contributed by atoms with Crippen molar-refractivity contribution in [1.82, 2.24) is 9.88 Å². The summed E-state index contributed by atoms with van der Waals surface area (Å²) in [5.41, 5.74) is 1.30. The molecule has 108 valence electrons. The number of hydrogen-bond acceptors (Lipinski definition) is 4. The van der Waals surface area contributed by atoms with Gasteiger partial charge < -0.3 is 4.52 Å². The van der Waals surface area contributed by atoms with Gasteiger partial charge in [0.25, 0.3) is 0 Å². The Labute approximate surface area is 122 Å². The van der Waals surface area contributed by atoms with Gasteiger partial charge in [-0.3, -0.25) is 0 Å². The van der Waals surface area contributed by atoms with Crippen molar-refractivity contribution >= 4 is 27.7 Å². The molecule has 0 radical (unpaired) electrons. The molecular formula is C12H14ClN3O3S. The van der Waals surface area contributed by atoms with Crippen LogP contribution in [0.15, 0.2) is 34.9 Å². The van der Waals surface area contributed by atoms with Gasteiger partial charge in [-0.1, -0.05) is 28.9 Å². The van der Waals surface area contributed by atoms with E-state index in [1.54, 1.807) is 38.1 Å². The number of hydrogen-bond donors (Lipinski definition) is 2. The van der Waals surface area contributed by atoms with Gasteiger partial charge in [-0.2, -0.15) is 13.1 Å². The molecule has 1 heterocycles. The second kappa shape index (κ2) is 5.82. The molecule has 0 saturated carbocycles. The highest BCUT2D eigenvalue weighted by Gasteiger charge is 2.15. The Morgan fingerprint density at radius 1 is 1.25 bits per heavy atom. The van der Waals surface area contributed by atoms with Gasteiger partial charge in [0.2, 0.25) is 5.88 Å². The van der Waals surface area contributed by atoms with E-state index in [0.717, 1.165) is 5.56 Å². The number of halogens is 1. The molecule has 0 bridgehead atoms. The fourth-order valence-corrected chi connectivity index (χ4v) is 2.72. The summed E-state index contributed by atoms with van der Waals surface area (Å²) in [6, 6.07) is 8.26. The molecule has 0 unspecified atom stereocenters. The third-order valence-corrected chi connectivity index (χ3v) is 3.78. The van der Waals surface area contributed by atoms with Gasteiger partial charge in [-0.25, -0.2) is 4.72 Å². The van der Waals surface area contributed by atoms with E-state index in [0.29, 0.717) is 10.7 Å². The van der Waals surface area contributed by atoms with Crippen molar-refractivity contribution in [2.24, 2.45) is 0 Å². The lowest BCUT2D eigenvalue weighted by molar-refractivity contribution is 0.438. The van der Waals surface area contributed by atoms with Gasteiger partial charge in [0, 0.05) is 22.7 Å². The van der Waals surface area contributed by atoms with Crippen LogP contribution < -0.4 is 9.44 Å². The maximum Gasteiger partial charge on any atom is 0.301 e. The molecule has 0 fully saturated rings. The maximum atomic E-state index is 11.7. The van der Waals surface area contributed by atoms with Crippen LogP contribution in [0, 0.1) is 0 Å². The lowest BCUT2D eigenvalue weighted by atomic mass is 10.1. The highest BCUT2D eigenvalue weighted by atomic mass is 35.5. The summed E-state index contributed by atoms with van der Waals surface area (Å²) in [5, 5.41) is 4.42. The minimum Gasteiger partial charge on any atom is -0.337 e. The van der Waals surface area contributed by atoms with Crippen molar-refractivity contribution in [3.8, 4) is 11.3 Å². The summed E-state index contributed by atoms with van der Waals surface area (Å²) in [4.78, 5) is 0. The predicted molar refractivity (Wildman–Crippen MR) is 77.8 cm³/mol. The van der Waals surface area contributed by atoms with E-state index in [2.05, 4.69) is 14.6 Å². The maximum absolute atomic E-state index is 11.7. The van der Waals surface area contributed by atoms with Crippen molar-refractivity contribution in [1.29, 1.82) is 0 Å². The van der Waals surface area contributed by atoms with Gasteiger partial charge in [-0.15, -0.1) is 0 Å². The first-order chi connectivity index (χ1) is 9.35. The van der Waals surface area contributed by atoms with Crippen LogP contribution in [0.2, 0.25) is 5.02 Å². The molecule has 2 aromatic rings. The van der Waals surface area contributed by atoms with E-state index >= 15 is 0 Å². The van der Waals surface area contributed by atoms with Crippen molar-refractivity contribution in [2.45, 2.75) is 19.9 Å². The lowest BCUT2D eigenvalue weighted by Gasteiger charge is -2.08. The molecule has 0 saturated heterocycles. The number of aromatic nitrogens is 1. The zero-order chi connectivity index (χ0) is 14.8. The molecule has 2 N–H and O–H groups in total. The molecule has 0 atom stereocenters. The monoisotopic (exact) mass is 315 g/mol. The fourth-order valence-electron chi connectivity index (χ4n) is 1.55. The third-order valence-electron chi connectivity index (χ3n) is 2.28. The van der Waals surface area contributed by atoms with Crippen LogP contribution in [0.3, 0.4) is 0 Å². The quantitative estimate of drug-likeness (QED) is 0.888. The van der Waals surface area contributed by atoms with E-state index in [1.807, 2.05) is 0 Å². The molecule has 8 heteroatoms. The first kappa shape index (κ1) is 14.8. The Balaban J connectivity index is 2.15. The average molecular weight is 316 g/mol. The SMILES string of the molecule is CC(C)NS(=O)(=O)Nc1cc(-c2ccc(Cl)cc2)no1. The third kappa shape index (κ3) is 3.96. The van der Waals surface area contributed by atoms with Crippen molar-refractivity contribution < 1.29 is 12.9 Å². The molecular weight excluding hydrogens is 302 g/mol. The van der Waals surface area contributed by atoms with Crippen LogP contribution in [0.25, 0.3) is 11.3 Å². The van der Waals surface area contributed by atoms with E-state index in [9.17, 15) is 8.42 Å². The molecule has 6 nitrogen and oxygen atoms in total. The zero-order valence-electron chi connectivity index (χ0n) is 10.9. The summed E-state index contributed by atoms with van der Waals surface area (Å²) in [6.45, 7) is 3.44. The topological polar surface area (TPSA) is 84.2 Å². The second-order valence-corrected chi connectivity index (χ2v) is 6.34. The molecule has 0 amide bonds. The molecule has 0 aliphatic carbocycles. The molecule has 0 aliphatic heterocycles. The fraction of sp³-hybridized carbons (Fsp3) is 0.250. The number of rotatable bonds is 5. The van der Waals surface area contributed by atoms with Crippen molar-refractivity contribution in [3.05, 3.63) is 35.4 Å². The van der Waals surface area contributed by atoms with Crippen molar-refractivity contribution in [2.75, 3.05) is 4.72 Å². The molecule has 20 heavy (non-hydrogen) atoms. The Bertz CT molecular complexity index is 680. The van der Waals surface area contributed by atoms with Crippen LogP contribution in [0.1, 0.15) is 13.8 Å². The molecule has 1 aromatic carbocycles. The summed E-state index contributed by atoms with van der Waals surface area (Å²) < 4.78 is 32.9. The standard InChI is InChI=1S/C12H14ClN3O3S/c1-8(2)15-20(17,18)16-12-7-11(14-19-12)9-3-5-10(13)6-4-9/h3-8,15-16H,1-2H3. The summed E-state index contributed by atoms with van der Waals surface area (Å²) >= 11 is 5.80. The number of benzene rings is 1. The van der Waals surface area contributed by atoms with Crippen LogP contribution in [0.4, 0.5) is 5.88 Å². The summed E-state index contributed by atoms with van der Waals surface area (Å²) in [5.74, 6) is 0.0445. The molecule has 0 aliphatic rings. The second-order valence-electron chi connectivity index (χ2n) is 4.46. The molecule has 1 aromatic heterocycles. The van der Waals surface area contributed by atoms with Crippen LogP contribution in [0.5, 0.6) is 0 Å². The Morgan fingerprint density at radius 3 is 2.50 bits per heavy atom. The minimum atomic E-state index is -3.66. The van der Waals surface area contributed by atoms with Gasteiger partial charge in [0.15, 0.2) is 0 Å². The van der Waals surface area contributed by atoms with E-state index < -0.39 is 10.2 Å². The Hall–Kier alpha value is -1.57. The van der Waals surface area contributed by atoms with Crippen LogP contribution in [-0.2, 0) is 10.2 Å². The Kier molecular flexibility index (Phi) is 4.32. The lowest BCUT2D eigenvalue weighted by Crippen LogP contribution is -2.35. The van der Waals surface area contributed by atoms with Gasteiger partial charge >= 0.3 is 10.2 Å². The largest absolute Gasteiger partial charge is 0.337 e. The number of nitrogens with zero attached hydrogens (tertiary/aromatic N) is 1. The minimum absolute atomic E-state index is 0.0445. The molecule has 0 spiro atoms. The highest BCUT2D eigenvalue weighted by molar-refractivity contribution is 7.90. The van der Waals surface area contributed by atoms with Crippen molar-refractivity contribution in [3.63, 3.8) is 0 Å². The first-order valence-corrected chi connectivity index (χ1v) is 7.74. The summed E-state index contributed by atoms with van der Waals surface area (Å²) in [6.07, 6.45) is 0. The van der Waals surface area contributed by atoms with Gasteiger partial charge in [0.05, 0.1) is 0 Å². The normalized spacial score (nSPS) is 11.8. The van der Waals surface area contributed by atoms with Crippen LogP contribution in [-0.4, -0.2) is 19.6 Å². The van der Waals surface area contributed by atoms with E-state index in [-0.39, 0.29) is 11.9 Å². The summed E-state index contributed by atoms with van der Waals surface area (Å²) in [7, 11) is -3.66.